The van der Waals surface area contributed by atoms with Gasteiger partial charge >= 0.3 is 5.97 Å². The highest BCUT2D eigenvalue weighted by Gasteiger charge is 2.56. The molecule has 0 saturated heterocycles. The molecule has 1 atom stereocenters. The molecular formula is C25H25N3O5. The Labute approximate surface area is 191 Å². The van der Waals surface area contributed by atoms with Gasteiger partial charge in [0.1, 0.15) is 12.0 Å². The van der Waals surface area contributed by atoms with Gasteiger partial charge in [0, 0.05) is 17.7 Å². The fraction of sp³-hybridized carbons (Fsp3) is 0.320. The van der Waals surface area contributed by atoms with Crippen LogP contribution in [-0.2, 0) is 20.9 Å². The van der Waals surface area contributed by atoms with Gasteiger partial charge in [-0.3, -0.25) is 14.9 Å². The fourth-order valence-corrected chi connectivity index (χ4v) is 4.16. The zero-order chi connectivity index (χ0) is 23.8. The van der Waals surface area contributed by atoms with E-state index in [0.717, 1.165) is 5.56 Å². The summed E-state index contributed by atoms with van der Waals surface area (Å²) in [4.78, 5) is 37.0. The zero-order valence-electron chi connectivity index (χ0n) is 18.8. The van der Waals surface area contributed by atoms with Gasteiger partial charge in [0.15, 0.2) is 0 Å². The first-order chi connectivity index (χ1) is 15.6. The van der Waals surface area contributed by atoms with Gasteiger partial charge in [-0.2, -0.15) is 5.10 Å². The van der Waals surface area contributed by atoms with Gasteiger partial charge in [-0.05, 0) is 56.9 Å². The number of nitro groups is 1. The molecular weight excluding hydrogens is 422 g/mol. The lowest BCUT2D eigenvalue weighted by Crippen LogP contribution is -2.45. The number of carbonyl (C=O) groups excluding carboxylic acids is 2. The summed E-state index contributed by atoms with van der Waals surface area (Å²) >= 11 is 0. The summed E-state index contributed by atoms with van der Waals surface area (Å²) in [6.45, 7) is 5.81. The number of hydrogen-bond acceptors (Lipinski definition) is 6. The van der Waals surface area contributed by atoms with Crippen molar-refractivity contribution >= 4 is 23.3 Å². The first-order valence-corrected chi connectivity index (χ1v) is 10.7. The van der Waals surface area contributed by atoms with Gasteiger partial charge in [-0.25, -0.2) is 9.80 Å². The lowest BCUT2D eigenvalue weighted by Gasteiger charge is -2.31. The number of benzene rings is 2. The quantitative estimate of drug-likeness (QED) is 0.384. The van der Waals surface area contributed by atoms with Crippen molar-refractivity contribution in [3.63, 3.8) is 0 Å². The topological polar surface area (TPSA) is 102 Å². The molecule has 2 aromatic rings. The molecule has 1 aliphatic heterocycles. The molecule has 0 radical (unpaired) electrons. The van der Waals surface area contributed by atoms with E-state index in [9.17, 15) is 19.7 Å². The van der Waals surface area contributed by atoms with E-state index in [1.807, 2.05) is 51.1 Å². The highest BCUT2D eigenvalue weighted by Crippen LogP contribution is 2.47. The van der Waals surface area contributed by atoms with Crippen LogP contribution >= 0.6 is 0 Å². The minimum atomic E-state index is -1.04. The number of nitro benzene ring substituents is 1. The normalized spacial score (nSPS) is 20.1. The third-order valence-corrected chi connectivity index (χ3v) is 5.91. The largest absolute Gasteiger partial charge is 0.457 e. The second-order valence-corrected chi connectivity index (χ2v) is 9.29. The van der Waals surface area contributed by atoms with Gasteiger partial charge < -0.3 is 4.74 Å². The van der Waals surface area contributed by atoms with Crippen LogP contribution in [0.3, 0.4) is 0 Å². The smallest absolute Gasteiger partial charge is 0.334 e. The van der Waals surface area contributed by atoms with E-state index in [2.05, 4.69) is 5.10 Å². The standard InChI is InChI=1S/C25H25N3O5/c1-24(2,3)27-23(30)25(21(26-27)18-9-11-20(12-10-18)28(31)32)14-13-19(15-25)22(29)33-16-17-7-5-4-6-8-17/h4-13H,14-16H2,1-3H3/t25-/m1/s1. The minimum Gasteiger partial charge on any atom is -0.457 e. The summed E-state index contributed by atoms with van der Waals surface area (Å²) in [6.07, 6.45) is 2.23. The molecule has 8 nitrogen and oxygen atoms in total. The first-order valence-electron chi connectivity index (χ1n) is 10.7. The average molecular weight is 447 g/mol. The number of esters is 1. The number of hydrogen-bond donors (Lipinski definition) is 0. The number of non-ortho nitro benzene ring substituents is 1. The van der Waals surface area contributed by atoms with Crippen LogP contribution in [0.4, 0.5) is 5.69 Å². The van der Waals surface area contributed by atoms with E-state index in [4.69, 9.17) is 4.74 Å². The van der Waals surface area contributed by atoms with Gasteiger partial charge in [-0.1, -0.05) is 36.4 Å². The van der Waals surface area contributed by atoms with Crippen molar-refractivity contribution in [1.29, 1.82) is 0 Å². The highest BCUT2D eigenvalue weighted by molar-refractivity contribution is 6.21. The summed E-state index contributed by atoms with van der Waals surface area (Å²) in [5.74, 6) is -0.647. The number of hydrazone groups is 1. The van der Waals surface area contributed by atoms with Gasteiger partial charge in [0.25, 0.3) is 11.6 Å². The number of ether oxygens (including phenoxy) is 1. The van der Waals surface area contributed by atoms with E-state index in [0.29, 0.717) is 23.3 Å². The number of allylic oxidation sites excluding steroid dienone is 1. The van der Waals surface area contributed by atoms with Crippen LogP contribution in [0, 0.1) is 15.5 Å². The Hall–Kier alpha value is -3.81. The second kappa shape index (κ2) is 8.27. The lowest BCUT2D eigenvalue weighted by molar-refractivity contribution is -0.384. The molecule has 4 rings (SSSR count). The Morgan fingerprint density at radius 3 is 2.42 bits per heavy atom. The molecule has 33 heavy (non-hydrogen) atoms. The molecule has 0 aromatic heterocycles. The number of nitrogens with zero attached hydrogens (tertiary/aromatic N) is 3. The van der Waals surface area contributed by atoms with E-state index in [1.165, 1.54) is 17.1 Å². The molecule has 0 N–H and O–H groups in total. The Kier molecular flexibility index (Phi) is 5.61. The third kappa shape index (κ3) is 4.16. The summed E-state index contributed by atoms with van der Waals surface area (Å²) in [5, 5.41) is 17.2. The molecule has 8 heteroatoms. The molecule has 1 heterocycles. The molecule has 2 aromatic carbocycles. The Bertz CT molecular complexity index is 1160. The van der Waals surface area contributed by atoms with Crippen LogP contribution in [0.2, 0.25) is 0 Å². The molecule has 0 unspecified atom stereocenters. The molecule has 1 amide bonds. The maximum absolute atomic E-state index is 13.6. The highest BCUT2D eigenvalue weighted by atomic mass is 16.6. The van der Waals surface area contributed by atoms with Crippen LogP contribution < -0.4 is 0 Å². The molecule has 1 spiro atoms. The van der Waals surface area contributed by atoms with E-state index >= 15 is 0 Å². The summed E-state index contributed by atoms with van der Waals surface area (Å²) < 4.78 is 5.48. The Morgan fingerprint density at radius 2 is 1.82 bits per heavy atom. The van der Waals surface area contributed by atoms with Crippen LogP contribution in [0.5, 0.6) is 0 Å². The maximum atomic E-state index is 13.6. The van der Waals surface area contributed by atoms with Gasteiger partial charge in [-0.15, -0.1) is 0 Å². The number of rotatable bonds is 5. The predicted octanol–water partition coefficient (Wildman–Crippen LogP) is 4.39. The van der Waals surface area contributed by atoms with Crippen molar-refractivity contribution in [3.8, 4) is 0 Å². The average Bonchev–Trinajstić information content (AvgIpc) is 3.36. The summed E-state index contributed by atoms with van der Waals surface area (Å²) in [7, 11) is 0. The second-order valence-electron chi connectivity index (χ2n) is 9.29. The number of carbonyl (C=O) groups is 2. The van der Waals surface area contributed by atoms with Crippen LogP contribution in [0.15, 0.2) is 71.3 Å². The maximum Gasteiger partial charge on any atom is 0.334 e. The third-order valence-electron chi connectivity index (χ3n) is 5.91. The number of amides is 1. The van der Waals surface area contributed by atoms with Crippen molar-refractivity contribution in [3.05, 3.63) is 87.5 Å². The van der Waals surface area contributed by atoms with E-state index in [1.54, 1.807) is 18.2 Å². The van der Waals surface area contributed by atoms with Crippen molar-refractivity contribution in [2.75, 3.05) is 0 Å². The molecule has 1 aliphatic carbocycles. The van der Waals surface area contributed by atoms with Crippen LogP contribution in [0.1, 0.15) is 44.7 Å². The van der Waals surface area contributed by atoms with Gasteiger partial charge in [0.2, 0.25) is 0 Å². The Balaban J connectivity index is 1.60. The van der Waals surface area contributed by atoms with Gasteiger partial charge in [0.05, 0.1) is 16.2 Å². The molecule has 2 aliphatic rings. The van der Waals surface area contributed by atoms with Crippen molar-refractivity contribution < 1.29 is 19.2 Å². The molecule has 170 valence electrons. The van der Waals surface area contributed by atoms with Crippen LogP contribution in [0.25, 0.3) is 0 Å². The SMILES string of the molecule is CC(C)(C)N1N=C(c2ccc([N+](=O)[O-])cc2)[C@]2(CC=C(C(=O)OCc3ccccc3)C2)C1=O. The van der Waals surface area contributed by atoms with E-state index in [-0.39, 0.29) is 24.6 Å². The first kappa shape index (κ1) is 22.4. The Morgan fingerprint density at radius 1 is 1.15 bits per heavy atom. The molecule has 0 bridgehead atoms. The fourth-order valence-electron chi connectivity index (χ4n) is 4.16. The molecule has 0 fully saturated rings. The minimum absolute atomic E-state index is 0.0415. The van der Waals surface area contributed by atoms with Crippen LogP contribution in [-0.4, -0.2) is 33.1 Å². The summed E-state index contributed by atoms with van der Waals surface area (Å²) in [6, 6.07) is 15.4. The van der Waals surface area contributed by atoms with Crippen molar-refractivity contribution in [1.82, 2.24) is 5.01 Å². The molecule has 0 saturated carbocycles. The van der Waals surface area contributed by atoms with Crippen molar-refractivity contribution in [2.45, 2.75) is 45.8 Å². The summed E-state index contributed by atoms with van der Waals surface area (Å²) in [5.41, 5.74) is 0.800. The zero-order valence-corrected chi connectivity index (χ0v) is 18.8. The predicted molar refractivity (Wildman–Crippen MR) is 122 cm³/mol. The lowest BCUT2D eigenvalue weighted by atomic mass is 9.76. The monoisotopic (exact) mass is 447 g/mol. The van der Waals surface area contributed by atoms with E-state index < -0.39 is 21.8 Å². The van der Waals surface area contributed by atoms with Crippen molar-refractivity contribution in [2.24, 2.45) is 10.5 Å².